The van der Waals surface area contributed by atoms with Gasteiger partial charge in [0.1, 0.15) is 0 Å². The fraction of sp³-hybridized carbons (Fsp3) is 0.750. The van der Waals surface area contributed by atoms with Crippen LogP contribution in [0.1, 0.15) is 19.3 Å². The molecular formula is C12H19N3O. The van der Waals surface area contributed by atoms with Crippen molar-refractivity contribution in [2.45, 2.75) is 31.3 Å². The first kappa shape index (κ1) is 11.4. The molecule has 2 heterocycles. The van der Waals surface area contributed by atoms with Gasteiger partial charge in [0.05, 0.1) is 0 Å². The highest BCUT2D eigenvalue weighted by Gasteiger charge is 2.31. The molecule has 0 radical (unpaired) electrons. The zero-order valence-electron chi connectivity index (χ0n) is 9.56. The molecule has 4 nitrogen and oxygen atoms in total. The van der Waals surface area contributed by atoms with E-state index in [9.17, 15) is 4.79 Å². The number of nitrogens with zero attached hydrogens (tertiary/aromatic N) is 2. The van der Waals surface area contributed by atoms with Gasteiger partial charge in [-0.2, -0.15) is 0 Å². The topological polar surface area (TPSA) is 49.6 Å². The van der Waals surface area contributed by atoms with E-state index in [1.807, 2.05) is 0 Å². The lowest BCUT2D eigenvalue weighted by Crippen LogP contribution is -2.46. The van der Waals surface area contributed by atoms with Crippen molar-refractivity contribution in [2.24, 2.45) is 5.73 Å². The molecule has 4 heteroatoms. The van der Waals surface area contributed by atoms with E-state index in [-0.39, 0.29) is 5.91 Å². The number of rotatable bonds is 1. The predicted octanol–water partition coefficient (Wildman–Crippen LogP) is -0.356. The summed E-state index contributed by atoms with van der Waals surface area (Å²) in [5.74, 6) is 2.02. The summed E-state index contributed by atoms with van der Waals surface area (Å²) in [6.07, 6.45) is 8.30. The Balaban J connectivity index is 1.85. The van der Waals surface area contributed by atoms with Crippen molar-refractivity contribution in [1.82, 2.24) is 9.80 Å². The summed E-state index contributed by atoms with van der Waals surface area (Å²) < 4.78 is 0. The molecule has 1 amide bonds. The van der Waals surface area contributed by atoms with Crippen LogP contribution in [0.2, 0.25) is 0 Å². The zero-order valence-corrected chi connectivity index (χ0v) is 9.56. The second kappa shape index (κ2) is 4.86. The van der Waals surface area contributed by atoms with E-state index in [4.69, 9.17) is 12.2 Å². The second-order valence-corrected chi connectivity index (χ2v) is 4.71. The van der Waals surface area contributed by atoms with Crippen molar-refractivity contribution in [2.75, 3.05) is 26.2 Å². The largest absolute Gasteiger partial charge is 0.330 e. The van der Waals surface area contributed by atoms with Gasteiger partial charge in [-0.1, -0.05) is 0 Å². The number of carbonyl (C=O) groups is 1. The minimum Gasteiger partial charge on any atom is -0.330 e. The van der Waals surface area contributed by atoms with Gasteiger partial charge < -0.3 is 10.6 Å². The Kier molecular flexibility index (Phi) is 3.47. The Hall–Kier alpha value is -1.05. The van der Waals surface area contributed by atoms with Crippen LogP contribution in [0.5, 0.6) is 0 Å². The van der Waals surface area contributed by atoms with Gasteiger partial charge in [0.15, 0.2) is 0 Å². The minimum atomic E-state index is -0.170. The smallest absolute Gasteiger partial charge is 0.298 e. The normalized spacial score (nSPS) is 28.0. The fourth-order valence-corrected chi connectivity index (χ4v) is 2.60. The van der Waals surface area contributed by atoms with Gasteiger partial charge in [-0.15, -0.1) is 6.42 Å². The maximum absolute atomic E-state index is 11.3. The van der Waals surface area contributed by atoms with E-state index in [2.05, 4.69) is 10.8 Å². The maximum Gasteiger partial charge on any atom is 0.298 e. The average Bonchev–Trinajstić information content (AvgIpc) is 2.78. The molecule has 0 aromatic heterocycles. The summed E-state index contributed by atoms with van der Waals surface area (Å²) in [6.45, 7) is 3.71. The first-order chi connectivity index (χ1) is 7.70. The average molecular weight is 221 g/mol. The Bertz CT molecular complexity index is 302. The van der Waals surface area contributed by atoms with Crippen LogP contribution >= 0.6 is 0 Å². The van der Waals surface area contributed by atoms with Crippen LogP contribution < -0.4 is 5.73 Å². The van der Waals surface area contributed by atoms with Crippen LogP contribution in [0.4, 0.5) is 0 Å². The molecule has 88 valence electrons. The minimum absolute atomic E-state index is 0.170. The lowest BCUT2D eigenvalue weighted by molar-refractivity contribution is -0.124. The molecule has 2 fully saturated rings. The SMILES string of the molecule is C#CC(=O)N1CCC(N2CCC(N)CC2)C1. The molecule has 16 heavy (non-hydrogen) atoms. The summed E-state index contributed by atoms with van der Waals surface area (Å²) in [6, 6.07) is 0.853. The predicted molar refractivity (Wildman–Crippen MR) is 62.6 cm³/mol. The molecule has 0 spiro atoms. The molecule has 2 aliphatic rings. The van der Waals surface area contributed by atoms with Crippen LogP contribution in [-0.4, -0.2) is 54.0 Å². The van der Waals surface area contributed by atoms with Gasteiger partial charge in [0.25, 0.3) is 5.91 Å². The van der Waals surface area contributed by atoms with Gasteiger partial charge in [-0.3, -0.25) is 9.69 Å². The number of hydrogen-bond acceptors (Lipinski definition) is 3. The molecule has 0 saturated carbocycles. The van der Waals surface area contributed by atoms with E-state index in [0.29, 0.717) is 12.1 Å². The molecule has 0 aliphatic carbocycles. The van der Waals surface area contributed by atoms with Crippen LogP contribution in [0.3, 0.4) is 0 Å². The number of terminal acetylenes is 1. The molecule has 0 bridgehead atoms. The highest BCUT2D eigenvalue weighted by atomic mass is 16.2. The molecule has 1 atom stereocenters. The highest BCUT2D eigenvalue weighted by molar-refractivity contribution is 5.93. The molecule has 2 N–H and O–H groups in total. The summed E-state index contributed by atoms with van der Waals surface area (Å²) in [5.41, 5.74) is 5.87. The van der Waals surface area contributed by atoms with Crippen molar-refractivity contribution in [1.29, 1.82) is 0 Å². The van der Waals surface area contributed by atoms with Crippen molar-refractivity contribution in [3.8, 4) is 12.3 Å². The number of piperidine rings is 1. The quantitative estimate of drug-likeness (QED) is 0.615. The van der Waals surface area contributed by atoms with E-state index in [1.165, 1.54) is 0 Å². The van der Waals surface area contributed by atoms with E-state index in [1.54, 1.807) is 4.90 Å². The van der Waals surface area contributed by atoms with Gasteiger partial charge in [-0.05, 0) is 38.3 Å². The Morgan fingerprint density at radius 1 is 1.25 bits per heavy atom. The number of carbonyl (C=O) groups excluding carboxylic acids is 1. The van der Waals surface area contributed by atoms with Crippen molar-refractivity contribution >= 4 is 5.91 Å². The van der Waals surface area contributed by atoms with Gasteiger partial charge in [0, 0.05) is 25.2 Å². The molecule has 1 unspecified atom stereocenters. The lowest BCUT2D eigenvalue weighted by Gasteiger charge is -2.34. The van der Waals surface area contributed by atoms with Crippen LogP contribution in [0.15, 0.2) is 0 Å². The zero-order chi connectivity index (χ0) is 11.5. The molecule has 0 aromatic carbocycles. The third-order valence-electron chi connectivity index (χ3n) is 3.66. The Labute approximate surface area is 96.8 Å². The van der Waals surface area contributed by atoms with Crippen LogP contribution in [-0.2, 0) is 4.79 Å². The molecule has 2 saturated heterocycles. The first-order valence-corrected chi connectivity index (χ1v) is 5.96. The Morgan fingerprint density at radius 3 is 2.56 bits per heavy atom. The second-order valence-electron chi connectivity index (χ2n) is 4.71. The summed E-state index contributed by atoms with van der Waals surface area (Å²) in [7, 11) is 0. The standard InChI is InChI=1S/C12H19N3O/c1-2-12(16)15-8-5-11(9-15)14-6-3-10(13)4-7-14/h1,10-11H,3-9,13H2. The van der Waals surface area contributed by atoms with Crippen molar-refractivity contribution < 1.29 is 4.79 Å². The highest BCUT2D eigenvalue weighted by Crippen LogP contribution is 2.19. The molecule has 0 aromatic rings. The van der Waals surface area contributed by atoms with E-state index in [0.717, 1.165) is 45.4 Å². The summed E-state index contributed by atoms with van der Waals surface area (Å²) >= 11 is 0. The van der Waals surface area contributed by atoms with E-state index < -0.39 is 0 Å². The van der Waals surface area contributed by atoms with Gasteiger partial charge >= 0.3 is 0 Å². The molecule has 2 rings (SSSR count). The summed E-state index contributed by atoms with van der Waals surface area (Å²) in [4.78, 5) is 15.6. The Morgan fingerprint density at radius 2 is 1.94 bits per heavy atom. The number of likely N-dealkylation sites (tertiary alicyclic amines) is 2. The third kappa shape index (κ3) is 2.37. The van der Waals surface area contributed by atoms with Crippen LogP contribution in [0.25, 0.3) is 0 Å². The lowest BCUT2D eigenvalue weighted by atomic mass is 10.0. The van der Waals surface area contributed by atoms with Crippen molar-refractivity contribution in [3.63, 3.8) is 0 Å². The van der Waals surface area contributed by atoms with Crippen LogP contribution in [0, 0.1) is 12.3 Å². The maximum atomic E-state index is 11.3. The molecule has 2 aliphatic heterocycles. The number of amides is 1. The van der Waals surface area contributed by atoms with Crippen molar-refractivity contribution in [3.05, 3.63) is 0 Å². The molecular weight excluding hydrogens is 202 g/mol. The number of nitrogens with two attached hydrogens (primary N) is 1. The van der Waals surface area contributed by atoms with Gasteiger partial charge in [0.2, 0.25) is 0 Å². The summed E-state index contributed by atoms with van der Waals surface area (Å²) in [5, 5.41) is 0. The monoisotopic (exact) mass is 221 g/mol. The fourth-order valence-electron chi connectivity index (χ4n) is 2.60. The number of hydrogen-bond donors (Lipinski definition) is 1. The third-order valence-corrected chi connectivity index (χ3v) is 3.66. The van der Waals surface area contributed by atoms with Gasteiger partial charge in [-0.25, -0.2) is 0 Å². The first-order valence-electron chi connectivity index (χ1n) is 5.96. The van der Waals surface area contributed by atoms with E-state index >= 15 is 0 Å².